The van der Waals surface area contributed by atoms with E-state index >= 15 is 0 Å². The first-order valence-corrected chi connectivity index (χ1v) is 13.2. The molecule has 178 valence electrons. The first kappa shape index (κ1) is 34.1. The van der Waals surface area contributed by atoms with Gasteiger partial charge in [0.15, 0.2) is 0 Å². The Kier molecular flexibility index (Phi) is 29.2. The van der Waals surface area contributed by atoms with Crippen LogP contribution in [-0.4, -0.2) is 6.04 Å². The average Bonchev–Trinajstić information content (AvgIpc) is 2.84. The molecule has 2 aromatic rings. The summed E-state index contributed by atoms with van der Waals surface area (Å²) in [7, 11) is 0. The second-order valence-electron chi connectivity index (χ2n) is 6.25. The van der Waals surface area contributed by atoms with Gasteiger partial charge < -0.3 is 0 Å². The lowest BCUT2D eigenvalue weighted by atomic mass is 10.1. The number of allylic oxidation sites excluding steroid dienone is 3. The minimum Gasteiger partial charge on any atom is -0.256 e. The summed E-state index contributed by atoms with van der Waals surface area (Å²) in [6, 6.07) is 15.5. The van der Waals surface area contributed by atoms with E-state index in [0.717, 1.165) is 12.8 Å². The summed E-state index contributed by atoms with van der Waals surface area (Å²) >= 11 is 1.75. The zero-order chi connectivity index (χ0) is 24.5. The Balaban J connectivity index is -0.000000765. The first-order chi connectivity index (χ1) is 15.2. The third-order valence-electron chi connectivity index (χ3n) is 3.72. The molecule has 0 saturated heterocycles. The monoisotopic (exact) mass is 445 g/mol. The van der Waals surface area contributed by atoms with E-state index in [-0.39, 0.29) is 0 Å². The highest BCUT2D eigenvalue weighted by molar-refractivity contribution is 7.97. The van der Waals surface area contributed by atoms with Gasteiger partial charge in [-0.3, -0.25) is 4.72 Å². The van der Waals surface area contributed by atoms with E-state index in [9.17, 15) is 0 Å². The molecule has 0 aromatic heterocycles. The van der Waals surface area contributed by atoms with Crippen LogP contribution in [0.5, 0.6) is 0 Å². The van der Waals surface area contributed by atoms with Crippen molar-refractivity contribution < 1.29 is 0 Å². The molecular formula is C29H51NS. The largest absolute Gasteiger partial charge is 0.256 e. The summed E-state index contributed by atoms with van der Waals surface area (Å²) in [6.07, 6.45) is 9.84. The lowest BCUT2D eigenvalue weighted by molar-refractivity contribution is 0.604. The van der Waals surface area contributed by atoms with Crippen LogP contribution in [0.4, 0.5) is 0 Å². The van der Waals surface area contributed by atoms with Crippen LogP contribution < -0.4 is 4.72 Å². The van der Waals surface area contributed by atoms with Crippen LogP contribution in [0.15, 0.2) is 71.2 Å². The van der Waals surface area contributed by atoms with Gasteiger partial charge in [0.1, 0.15) is 0 Å². The van der Waals surface area contributed by atoms with Crippen LogP contribution in [0.2, 0.25) is 0 Å². The van der Waals surface area contributed by atoms with Crippen LogP contribution >= 0.6 is 11.9 Å². The molecule has 31 heavy (non-hydrogen) atoms. The number of nitrogens with one attached hydrogen (secondary N) is 1. The fraction of sp³-hybridized carbons (Fsp3) is 0.517. The number of fused-ring (bicyclic) bond motifs is 1. The zero-order valence-electron chi connectivity index (χ0n) is 22.4. The van der Waals surface area contributed by atoms with Gasteiger partial charge in [-0.2, -0.15) is 0 Å². The summed E-state index contributed by atoms with van der Waals surface area (Å²) in [6.45, 7) is 22.7. The van der Waals surface area contributed by atoms with E-state index in [1.54, 1.807) is 11.9 Å². The minimum absolute atomic E-state index is 0.491. The molecule has 0 heterocycles. The summed E-state index contributed by atoms with van der Waals surface area (Å²) in [5.41, 5.74) is 1.41. The smallest absolute Gasteiger partial charge is 0.0306 e. The van der Waals surface area contributed by atoms with Crippen LogP contribution in [0, 0.1) is 0 Å². The molecule has 0 spiro atoms. The van der Waals surface area contributed by atoms with Crippen LogP contribution in [0.3, 0.4) is 0 Å². The van der Waals surface area contributed by atoms with Gasteiger partial charge in [0.25, 0.3) is 0 Å². The van der Waals surface area contributed by atoms with E-state index in [1.165, 1.54) is 27.7 Å². The van der Waals surface area contributed by atoms with Crippen molar-refractivity contribution in [2.24, 2.45) is 0 Å². The average molecular weight is 446 g/mol. The van der Waals surface area contributed by atoms with E-state index in [1.807, 2.05) is 41.5 Å². The van der Waals surface area contributed by atoms with Crippen molar-refractivity contribution in [3.05, 3.63) is 66.3 Å². The van der Waals surface area contributed by atoms with E-state index in [4.69, 9.17) is 0 Å². The van der Waals surface area contributed by atoms with Gasteiger partial charge in [0.05, 0.1) is 0 Å². The third-order valence-corrected chi connectivity index (χ3v) is 4.75. The van der Waals surface area contributed by atoms with Crippen LogP contribution in [-0.2, 0) is 0 Å². The first-order valence-electron chi connectivity index (χ1n) is 12.3. The molecule has 0 aliphatic heterocycles. The molecule has 1 N–H and O–H groups in total. The zero-order valence-corrected chi connectivity index (χ0v) is 23.2. The number of benzene rings is 2. The number of rotatable bonds is 7. The van der Waals surface area contributed by atoms with Gasteiger partial charge in [-0.1, -0.05) is 129 Å². The van der Waals surface area contributed by atoms with E-state index in [0.29, 0.717) is 6.04 Å². The third kappa shape index (κ3) is 16.8. The van der Waals surface area contributed by atoms with Crippen molar-refractivity contribution >= 4 is 22.7 Å². The molecule has 2 rings (SSSR count). The SMILES string of the molecule is C/C=C\C=C(/C)CC(CC)NSc1cccc2ccccc12.CC.CC.CC.CCC. The maximum Gasteiger partial charge on any atom is 0.0306 e. The highest BCUT2D eigenvalue weighted by Crippen LogP contribution is 2.27. The Bertz CT molecular complexity index is 668. The normalized spacial score (nSPS) is 11.0. The fourth-order valence-corrected chi connectivity index (χ4v) is 3.40. The van der Waals surface area contributed by atoms with Crippen LogP contribution in [0.25, 0.3) is 10.8 Å². The minimum atomic E-state index is 0.491. The predicted octanol–water partition coefficient (Wildman–Crippen LogP) is 10.6. The molecule has 2 heteroatoms. The molecule has 0 bridgehead atoms. The molecule has 0 amide bonds. The second kappa shape index (κ2) is 26.5. The maximum atomic E-state index is 3.64. The Morgan fingerprint density at radius 1 is 0.903 bits per heavy atom. The van der Waals surface area contributed by atoms with Crippen molar-refractivity contribution in [1.82, 2.24) is 4.72 Å². The summed E-state index contributed by atoms with van der Waals surface area (Å²) in [4.78, 5) is 1.30. The Labute approximate surface area is 199 Å². The molecule has 2 aromatic carbocycles. The second-order valence-corrected chi connectivity index (χ2v) is 7.13. The lowest BCUT2D eigenvalue weighted by Crippen LogP contribution is -2.22. The van der Waals surface area contributed by atoms with Crippen LogP contribution in [0.1, 0.15) is 95.4 Å². The van der Waals surface area contributed by atoms with Gasteiger partial charge >= 0.3 is 0 Å². The van der Waals surface area contributed by atoms with Crippen molar-refractivity contribution in [1.29, 1.82) is 0 Å². The van der Waals surface area contributed by atoms with E-state index in [2.05, 4.69) is 100 Å². The summed E-state index contributed by atoms with van der Waals surface area (Å²) < 4.78 is 3.64. The van der Waals surface area contributed by atoms with Gasteiger partial charge in [-0.05, 0) is 55.5 Å². The van der Waals surface area contributed by atoms with Crippen molar-refractivity contribution in [3.8, 4) is 0 Å². The summed E-state index contributed by atoms with van der Waals surface area (Å²) in [5, 5.41) is 2.62. The molecule has 1 nitrogen and oxygen atoms in total. The highest BCUT2D eigenvalue weighted by Gasteiger charge is 2.08. The maximum absolute atomic E-state index is 3.64. The molecule has 1 unspecified atom stereocenters. The summed E-state index contributed by atoms with van der Waals surface area (Å²) in [5.74, 6) is 0. The lowest BCUT2D eigenvalue weighted by Gasteiger charge is -2.17. The molecule has 1 atom stereocenters. The molecule has 0 aliphatic rings. The molecule has 0 aliphatic carbocycles. The van der Waals surface area contributed by atoms with Crippen molar-refractivity contribution in [2.45, 2.75) is 106 Å². The van der Waals surface area contributed by atoms with Crippen molar-refractivity contribution in [3.63, 3.8) is 0 Å². The van der Waals surface area contributed by atoms with Gasteiger partial charge in [-0.25, -0.2) is 0 Å². The highest BCUT2D eigenvalue weighted by atomic mass is 32.2. The van der Waals surface area contributed by atoms with Crippen molar-refractivity contribution in [2.75, 3.05) is 0 Å². The Morgan fingerprint density at radius 3 is 2.00 bits per heavy atom. The molecule has 0 saturated carbocycles. The standard InChI is InChI=1S/C20H25NS.C3H8.3C2H6/c1-4-6-10-16(3)15-18(5-2)21-22-20-14-9-12-17-11-7-8-13-19(17)20;1-3-2;3*1-2/h4,6-14,18,21H,5,15H2,1-3H3;3H2,1-2H3;3*1-2H3/b6-4-,16-10+;;;;. The number of hydrogen-bond donors (Lipinski definition) is 1. The van der Waals surface area contributed by atoms with Gasteiger partial charge in [0.2, 0.25) is 0 Å². The fourth-order valence-electron chi connectivity index (χ4n) is 2.42. The Morgan fingerprint density at radius 2 is 1.45 bits per heavy atom. The topological polar surface area (TPSA) is 12.0 Å². The number of hydrogen-bond acceptors (Lipinski definition) is 2. The molecule has 0 radical (unpaired) electrons. The van der Waals surface area contributed by atoms with Gasteiger partial charge in [0, 0.05) is 10.9 Å². The van der Waals surface area contributed by atoms with E-state index < -0.39 is 0 Å². The molecule has 0 fully saturated rings. The quantitative estimate of drug-likeness (QED) is 0.336. The predicted molar refractivity (Wildman–Crippen MR) is 150 cm³/mol. The Hall–Kier alpha value is -1.51. The molecular weight excluding hydrogens is 394 g/mol. The van der Waals surface area contributed by atoms with Gasteiger partial charge in [-0.15, -0.1) is 0 Å².